The largest absolute Gasteiger partial charge is 0.387 e. The molecule has 1 aliphatic carbocycles. The van der Waals surface area contributed by atoms with E-state index in [1.807, 2.05) is 0 Å². The molecule has 6 atom stereocenters. The average Bonchev–Trinajstić information content (AvgIpc) is 2.72. The molecule has 2 rings (SSSR count). The molecule has 0 spiro atoms. The van der Waals surface area contributed by atoms with Gasteiger partial charge in [0.05, 0.1) is 0 Å². The van der Waals surface area contributed by atoms with E-state index in [1.165, 1.54) is 0 Å². The lowest BCUT2D eigenvalue weighted by molar-refractivity contribution is -0.180. The molecular formula is C6H10O6. The number of epoxide rings is 1. The van der Waals surface area contributed by atoms with Crippen molar-refractivity contribution in [2.45, 2.75) is 36.3 Å². The van der Waals surface area contributed by atoms with Crippen LogP contribution in [0.25, 0.3) is 0 Å². The summed E-state index contributed by atoms with van der Waals surface area (Å²) in [6, 6.07) is 0. The van der Waals surface area contributed by atoms with Crippen LogP contribution in [0.5, 0.6) is 0 Å². The molecule has 0 aromatic heterocycles. The molecule has 0 bridgehead atoms. The van der Waals surface area contributed by atoms with Gasteiger partial charge >= 0.3 is 0 Å². The molecule has 70 valence electrons. The van der Waals surface area contributed by atoms with Crippen LogP contribution in [0.15, 0.2) is 0 Å². The van der Waals surface area contributed by atoms with Crippen molar-refractivity contribution in [3.05, 3.63) is 0 Å². The zero-order valence-corrected chi connectivity index (χ0v) is 6.03. The molecule has 1 saturated carbocycles. The Morgan fingerprint density at radius 2 is 1.50 bits per heavy atom. The molecule has 0 radical (unpaired) electrons. The van der Waals surface area contributed by atoms with Gasteiger partial charge in [-0.15, -0.1) is 0 Å². The first kappa shape index (κ1) is 8.36. The number of aliphatic hydroxyl groups excluding tert-OH is 4. The summed E-state index contributed by atoms with van der Waals surface area (Å²) in [5.74, 6) is -1.88. The van der Waals surface area contributed by atoms with E-state index in [9.17, 15) is 5.11 Å². The van der Waals surface area contributed by atoms with Crippen molar-refractivity contribution in [2.24, 2.45) is 0 Å². The Balaban J connectivity index is 2.22. The van der Waals surface area contributed by atoms with Crippen LogP contribution in [0.4, 0.5) is 0 Å². The van der Waals surface area contributed by atoms with Crippen molar-refractivity contribution in [1.82, 2.24) is 0 Å². The molecule has 0 amide bonds. The van der Waals surface area contributed by atoms with Gasteiger partial charge < -0.3 is 30.3 Å². The monoisotopic (exact) mass is 178 g/mol. The summed E-state index contributed by atoms with van der Waals surface area (Å²) >= 11 is 0. The van der Waals surface area contributed by atoms with E-state index < -0.39 is 36.3 Å². The van der Waals surface area contributed by atoms with Crippen molar-refractivity contribution in [3.63, 3.8) is 0 Å². The first-order valence-electron chi connectivity index (χ1n) is 3.61. The van der Waals surface area contributed by atoms with Crippen LogP contribution in [-0.2, 0) is 4.74 Å². The second-order valence-electron chi connectivity index (χ2n) is 3.21. The van der Waals surface area contributed by atoms with Crippen LogP contribution in [0.1, 0.15) is 0 Å². The van der Waals surface area contributed by atoms with Crippen LogP contribution < -0.4 is 0 Å². The number of ether oxygens (including phenoxy) is 1. The third kappa shape index (κ3) is 0.792. The van der Waals surface area contributed by atoms with Crippen molar-refractivity contribution >= 4 is 0 Å². The quantitative estimate of drug-likeness (QED) is 0.246. The molecule has 0 aromatic rings. The van der Waals surface area contributed by atoms with Gasteiger partial charge in [-0.05, 0) is 0 Å². The summed E-state index contributed by atoms with van der Waals surface area (Å²) < 4.78 is 4.57. The molecule has 12 heavy (non-hydrogen) atoms. The van der Waals surface area contributed by atoms with Gasteiger partial charge in [0, 0.05) is 0 Å². The van der Waals surface area contributed by atoms with Gasteiger partial charge in [-0.2, -0.15) is 0 Å². The Morgan fingerprint density at radius 1 is 0.917 bits per heavy atom. The maximum atomic E-state index is 9.27. The van der Waals surface area contributed by atoms with E-state index in [0.717, 1.165) is 0 Å². The highest BCUT2D eigenvalue weighted by atomic mass is 16.8. The third-order valence-electron chi connectivity index (χ3n) is 2.42. The minimum atomic E-state index is -1.88. The Bertz CT molecular complexity index is 203. The van der Waals surface area contributed by atoms with E-state index in [4.69, 9.17) is 20.4 Å². The Hall–Kier alpha value is -0.240. The lowest BCUT2D eigenvalue weighted by atomic mass is 9.87. The van der Waals surface area contributed by atoms with Crippen LogP contribution >= 0.6 is 0 Å². The van der Waals surface area contributed by atoms with E-state index in [0.29, 0.717) is 0 Å². The molecular weight excluding hydrogens is 168 g/mol. The predicted octanol–water partition coefficient (Wildman–Crippen LogP) is -3.47. The van der Waals surface area contributed by atoms with E-state index >= 15 is 0 Å². The fourth-order valence-corrected chi connectivity index (χ4v) is 1.53. The standard InChI is InChI=1S/C6H10O6/c7-1-2(8)4(10)6(11)5(12-6)3(1)9/h1-5,7-11H/t1-,2?,3?,4?,5?,6-/m0/s1. The fraction of sp³-hybridized carbons (Fsp3) is 1.00. The average molecular weight is 178 g/mol. The van der Waals surface area contributed by atoms with Crippen LogP contribution in [0, 0.1) is 0 Å². The zero-order valence-electron chi connectivity index (χ0n) is 6.03. The van der Waals surface area contributed by atoms with Gasteiger partial charge in [-0.3, -0.25) is 0 Å². The molecule has 6 nitrogen and oxygen atoms in total. The molecule has 0 aromatic carbocycles. The van der Waals surface area contributed by atoms with E-state index in [2.05, 4.69) is 4.74 Å². The molecule has 4 unspecified atom stereocenters. The lowest BCUT2D eigenvalue weighted by Gasteiger charge is -2.31. The molecule has 5 N–H and O–H groups in total. The highest BCUT2D eigenvalue weighted by Crippen LogP contribution is 2.45. The van der Waals surface area contributed by atoms with Gasteiger partial charge in [0.15, 0.2) is 0 Å². The van der Waals surface area contributed by atoms with Crippen LogP contribution in [0.2, 0.25) is 0 Å². The maximum Gasteiger partial charge on any atom is 0.225 e. The highest BCUT2D eigenvalue weighted by molar-refractivity contribution is 5.13. The third-order valence-corrected chi connectivity index (χ3v) is 2.42. The first-order valence-corrected chi connectivity index (χ1v) is 3.61. The van der Waals surface area contributed by atoms with Gasteiger partial charge in [-0.25, -0.2) is 0 Å². The summed E-state index contributed by atoms with van der Waals surface area (Å²) in [5.41, 5.74) is 0. The smallest absolute Gasteiger partial charge is 0.225 e. The number of fused-ring (bicyclic) bond motifs is 1. The summed E-state index contributed by atoms with van der Waals surface area (Å²) in [7, 11) is 0. The topological polar surface area (TPSA) is 114 Å². The normalized spacial score (nSPS) is 64.2. The molecule has 1 aliphatic heterocycles. The van der Waals surface area contributed by atoms with Crippen molar-refractivity contribution in [2.75, 3.05) is 0 Å². The maximum absolute atomic E-state index is 9.27. The van der Waals surface area contributed by atoms with Crippen molar-refractivity contribution in [1.29, 1.82) is 0 Å². The summed E-state index contributed by atoms with van der Waals surface area (Å²) in [4.78, 5) is 0. The van der Waals surface area contributed by atoms with Crippen molar-refractivity contribution < 1.29 is 30.3 Å². The molecule has 2 fully saturated rings. The van der Waals surface area contributed by atoms with Gasteiger partial charge in [0.25, 0.3) is 0 Å². The Labute approximate surface area is 67.6 Å². The van der Waals surface area contributed by atoms with E-state index in [-0.39, 0.29) is 0 Å². The van der Waals surface area contributed by atoms with Crippen LogP contribution in [0.3, 0.4) is 0 Å². The summed E-state index contributed by atoms with van der Waals surface area (Å²) in [6.45, 7) is 0. The number of hydrogen-bond donors (Lipinski definition) is 5. The first-order chi connectivity index (χ1) is 5.48. The number of aliphatic hydroxyl groups is 5. The lowest BCUT2D eigenvalue weighted by Crippen LogP contribution is -2.58. The van der Waals surface area contributed by atoms with Gasteiger partial charge in [0.1, 0.15) is 30.5 Å². The SMILES string of the molecule is OC1C(O)[C@]2(O)OC2C(O)[C@H]1O. The summed E-state index contributed by atoms with van der Waals surface area (Å²) in [6.07, 6.45) is -6.98. The van der Waals surface area contributed by atoms with Gasteiger partial charge in [-0.1, -0.05) is 0 Å². The Morgan fingerprint density at radius 3 is 2.08 bits per heavy atom. The molecule has 1 heterocycles. The minimum absolute atomic E-state index is 0.995. The minimum Gasteiger partial charge on any atom is -0.387 e. The molecule has 2 aliphatic rings. The second kappa shape index (κ2) is 2.16. The fourth-order valence-electron chi connectivity index (χ4n) is 1.53. The van der Waals surface area contributed by atoms with Crippen LogP contribution in [-0.4, -0.2) is 61.8 Å². The predicted molar refractivity (Wildman–Crippen MR) is 33.8 cm³/mol. The Kier molecular flexibility index (Phi) is 1.51. The van der Waals surface area contributed by atoms with E-state index in [1.54, 1.807) is 0 Å². The summed E-state index contributed by atoms with van der Waals surface area (Å²) in [5, 5.41) is 45.7. The van der Waals surface area contributed by atoms with Gasteiger partial charge in [0.2, 0.25) is 5.79 Å². The highest BCUT2D eigenvalue weighted by Gasteiger charge is 2.71. The van der Waals surface area contributed by atoms with Crippen molar-refractivity contribution in [3.8, 4) is 0 Å². The molecule has 1 saturated heterocycles. The zero-order chi connectivity index (χ0) is 9.09. The number of hydrogen-bond acceptors (Lipinski definition) is 6. The second-order valence-corrected chi connectivity index (χ2v) is 3.21. The number of rotatable bonds is 0. The molecule has 6 heteroatoms.